The summed E-state index contributed by atoms with van der Waals surface area (Å²) in [7, 11) is 0. The summed E-state index contributed by atoms with van der Waals surface area (Å²) >= 11 is 0. The maximum Gasteiger partial charge on any atom is 0.295 e. The topological polar surface area (TPSA) is 110 Å². The van der Waals surface area contributed by atoms with Gasteiger partial charge in [-0.3, -0.25) is 19.7 Å². The molecule has 36 heavy (non-hydrogen) atoms. The summed E-state index contributed by atoms with van der Waals surface area (Å²) in [6.45, 7) is 2.19. The number of nitro benzene ring substituents is 1. The number of rotatable bonds is 6. The number of fused-ring (bicyclic) bond motifs is 1. The first-order valence-electron chi connectivity index (χ1n) is 11.7. The van der Waals surface area contributed by atoms with Crippen LogP contribution in [0.4, 0.5) is 5.69 Å². The van der Waals surface area contributed by atoms with E-state index in [2.05, 4.69) is 0 Å². The number of likely N-dealkylation sites (tertiary alicyclic amines) is 1. The first kappa shape index (κ1) is 23.3. The van der Waals surface area contributed by atoms with Crippen LogP contribution in [0.1, 0.15) is 35.2 Å². The molecule has 2 heterocycles. The van der Waals surface area contributed by atoms with Crippen LogP contribution in [0.15, 0.2) is 78.4 Å². The number of benzene rings is 3. The Balaban J connectivity index is 1.57. The van der Waals surface area contributed by atoms with Gasteiger partial charge in [0.1, 0.15) is 17.6 Å². The van der Waals surface area contributed by atoms with Gasteiger partial charge in [-0.05, 0) is 60.4 Å². The molecule has 5 rings (SSSR count). The average molecular weight is 485 g/mol. The molecule has 3 aromatic carbocycles. The molecule has 1 amide bonds. The van der Waals surface area contributed by atoms with E-state index in [1.54, 1.807) is 18.2 Å². The summed E-state index contributed by atoms with van der Waals surface area (Å²) in [6, 6.07) is 19.6. The van der Waals surface area contributed by atoms with Crippen LogP contribution in [0.2, 0.25) is 0 Å². The molecule has 2 atom stereocenters. The predicted octanol–water partition coefficient (Wildman–Crippen LogP) is 4.58. The van der Waals surface area contributed by atoms with E-state index in [1.807, 2.05) is 37.3 Å². The molecule has 3 aromatic rings. The number of hydrogen-bond acceptors (Lipinski definition) is 6. The highest BCUT2D eigenvalue weighted by molar-refractivity contribution is 6.46. The molecule has 0 spiro atoms. The molecule has 0 aromatic heterocycles. The summed E-state index contributed by atoms with van der Waals surface area (Å²) in [5.41, 5.74) is 2.69. The molecule has 8 heteroatoms. The molecule has 0 radical (unpaired) electrons. The van der Waals surface area contributed by atoms with Gasteiger partial charge in [0.15, 0.2) is 0 Å². The normalized spacial score (nSPS) is 20.3. The first-order valence-corrected chi connectivity index (χ1v) is 11.7. The molecular formula is C28H24N2O6. The van der Waals surface area contributed by atoms with Gasteiger partial charge in [0.25, 0.3) is 17.4 Å². The summed E-state index contributed by atoms with van der Waals surface area (Å²) in [6.07, 6.45) is 1.19. The average Bonchev–Trinajstić information content (AvgIpc) is 3.38. The highest BCUT2D eigenvalue weighted by atomic mass is 16.6. The molecule has 2 aliphatic heterocycles. The molecule has 0 aliphatic carbocycles. The molecule has 1 fully saturated rings. The first-order chi connectivity index (χ1) is 17.3. The molecule has 0 bridgehead atoms. The maximum atomic E-state index is 13.2. The number of carbonyl (C=O) groups excluding carboxylic acids is 2. The van der Waals surface area contributed by atoms with Crippen molar-refractivity contribution < 1.29 is 24.4 Å². The van der Waals surface area contributed by atoms with E-state index in [0.29, 0.717) is 24.0 Å². The lowest BCUT2D eigenvalue weighted by Gasteiger charge is -2.25. The Morgan fingerprint density at radius 3 is 2.50 bits per heavy atom. The fraction of sp³-hybridized carbons (Fsp3) is 0.214. The summed E-state index contributed by atoms with van der Waals surface area (Å²) in [5.74, 6) is -1.04. The van der Waals surface area contributed by atoms with Crippen LogP contribution in [-0.4, -0.2) is 39.3 Å². The third kappa shape index (κ3) is 4.22. The fourth-order valence-corrected chi connectivity index (χ4v) is 4.85. The molecule has 2 aliphatic rings. The molecular weight excluding hydrogens is 460 g/mol. The molecule has 0 unspecified atom stereocenters. The second-order valence-electron chi connectivity index (χ2n) is 9.03. The van der Waals surface area contributed by atoms with E-state index in [9.17, 15) is 24.8 Å². The minimum Gasteiger partial charge on any atom is -0.507 e. The minimum absolute atomic E-state index is 0.0149. The second kappa shape index (κ2) is 9.30. The van der Waals surface area contributed by atoms with E-state index in [-0.39, 0.29) is 29.7 Å². The lowest BCUT2D eigenvalue weighted by molar-refractivity contribution is -0.384. The maximum absolute atomic E-state index is 13.2. The van der Waals surface area contributed by atoms with Crippen molar-refractivity contribution in [3.63, 3.8) is 0 Å². The lowest BCUT2D eigenvalue weighted by atomic mass is 9.94. The number of nitrogens with zero attached hydrogens (tertiary/aromatic N) is 2. The van der Waals surface area contributed by atoms with E-state index in [4.69, 9.17) is 4.74 Å². The summed E-state index contributed by atoms with van der Waals surface area (Å²) in [4.78, 5) is 38.5. The number of ketones is 1. The van der Waals surface area contributed by atoms with E-state index < -0.39 is 22.7 Å². The van der Waals surface area contributed by atoms with E-state index in [1.165, 1.54) is 29.2 Å². The third-order valence-corrected chi connectivity index (χ3v) is 6.61. The zero-order chi connectivity index (χ0) is 25.4. The Morgan fingerprint density at radius 1 is 1.08 bits per heavy atom. The SMILES string of the molecule is C[C@@H]1Cc2cc(C(O)=C3C(=O)C(=O)N(CCc4ccccc4)[C@@H]3c3ccc([N+](=O)[O-])cc3)ccc2O1. The number of hydrogen-bond donors (Lipinski definition) is 1. The van der Waals surface area contributed by atoms with Gasteiger partial charge in [-0.25, -0.2) is 0 Å². The van der Waals surface area contributed by atoms with Crippen molar-refractivity contribution in [1.29, 1.82) is 0 Å². The number of Topliss-reactive ketones (excluding diaryl/α,β-unsaturated/α-hetero) is 1. The quantitative estimate of drug-likeness (QED) is 0.180. The number of aliphatic hydroxyl groups is 1. The van der Waals surface area contributed by atoms with Crippen molar-refractivity contribution in [2.45, 2.75) is 31.9 Å². The zero-order valence-electron chi connectivity index (χ0n) is 19.6. The van der Waals surface area contributed by atoms with Crippen molar-refractivity contribution in [2.75, 3.05) is 6.54 Å². The number of non-ortho nitro benzene ring substituents is 1. The highest BCUT2D eigenvalue weighted by Gasteiger charge is 2.46. The summed E-state index contributed by atoms with van der Waals surface area (Å²) in [5, 5.41) is 22.5. The lowest BCUT2D eigenvalue weighted by Crippen LogP contribution is -2.31. The van der Waals surface area contributed by atoms with Crippen LogP contribution in [-0.2, 0) is 22.4 Å². The van der Waals surface area contributed by atoms with Crippen molar-refractivity contribution in [3.05, 3.63) is 111 Å². The Labute approximate surface area is 207 Å². The van der Waals surface area contributed by atoms with Crippen molar-refractivity contribution in [2.24, 2.45) is 0 Å². The number of amides is 1. The van der Waals surface area contributed by atoms with Gasteiger partial charge >= 0.3 is 0 Å². The van der Waals surface area contributed by atoms with Crippen LogP contribution >= 0.6 is 0 Å². The molecule has 182 valence electrons. The third-order valence-electron chi connectivity index (χ3n) is 6.61. The molecule has 8 nitrogen and oxygen atoms in total. The largest absolute Gasteiger partial charge is 0.507 e. The van der Waals surface area contributed by atoms with E-state index in [0.717, 1.165) is 16.9 Å². The van der Waals surface area contributed by atoms with Gasteiger partial charge in [0, 0.05) is 30.7 Å². The fourth-order valence-electron chi connectivity index (χ4n) is 4.85. The molecule has 0 saturated carbocycles. The number of carbonyl (C=O) groups is 2. The minimum atomic E-state index is -0.877. The van der Waals surface area contributed by atoms with Gasteiger partial charge in [0.05, 0.1) is 16.5 Å². The van der Waals surface area contributed by atoms with Gasteiger partial charge in [-0.15, -0.1) is 0 Å². The second-order valence-corrected chi connectivity index (χ2v) is 9.03. The zero-order valence-corrected chi connectivity index (χ0v) is 19.6. The van der Waals surface area contributed by atoms with Gasteiger partial charge in [-0.2, -0.15) is 0 Å². The standard InChI is InChI=1S/C28H24N2O6/c1-17-15-21-16-20(9-12-23(21)36-17)26(31)24-25(19-7-10-22(11-8-19)30(34)35)29(28(33)27(24)32)14-13-18-5-3-2-4-6-18/h2-12,16-17,25,31H,13-15H2,1H3/t17-,25-/m1/s1. The molecule has 1 N–H and O–H groups in total. The predicted molar refractivity (Wildman–Crippen MR) is 132 cm³/mol. The summed E-state index contributed by atoms with van der Waals surface area (Å²) < 4.78 is 5.74. The Bertz CT molecular complexity index is 1380. The van der Waals surface area contributed by atoms with Crippen LogP contribution in [0.25, 0.3) is 5.76 Å². The molecule has 1 saturated heterocycles. The van der Waals surface area contributed by atoms with Crippen molar-refractivity contribution >= 4 is 23.1 Å². The Kier molecular flexibility index (Phi) is 6.01. The number of aliphatic hydroxyl groups excluding tert-OH is 1. The van der Waals surface area contributed by atoms with Gasteiger partial charge in [-0.1, -0.05) is 30.3 Å². The van der Waals surface area contributed by atoms with Crippen LogP contribution < -0.4 is 4.74 Å². The van der Waals surface area contributed by atoms with Crippen LogP contribution in [0, 0.1) is 10.1 Å². The highest BCUT2D eigenvalue weighted by Crippen LogP contribution is 2.41. The van der Waals surface area contributed by atoms with Crippen LogP contribution in [0.3, 0.4) is 0 Å². The Hall–Kier alpha value is -4.46. The smallest absolute Gasteiger partial charge is 0.295 e. The van der Waals surface area contributed by atoms with Gasteiger partial charge < -0.3 is 14.7 Å². The number of ether oxygens (including phenoxy) is 1. The van der Waals surface area contributed by atoms with Gasteiger partial charge in [0.2, 0.25) is 0 Å². The number of nitro groups is 1. The van der Waals surface area contributed by atoms with Crippen molar-refractivity contribution in [3.8, 4) is 5.75 Å². The van der Waals surface area contributed by atoms with E-state index >= 15 is 0 Å². The monoisotopic (exact) mass is 484 g/mol. The van der Waals surface area contributed by atoms with Crippen molar-refractivity contribution in [1.82, 2.24) is 4.90 Å². The van der Waals surface area contributed by atoms with Crippen LogP contribution in [0.5, 0.6) is 5.75 Å². The Morgan fingerprint density at radius 2 is 1.81 bits per heavy atom.